The zero-order valence-corrected chi connectivity index (χ0v) is 9.17. The van der Waals surface area contributed by atoms with Gasteiger partial charge in [-0.1, -0.05) is 0 Å². The van der Waals surface area contributed by atoms with Gasteiger partial charge in [-0.25, -0.2) is 4.79 Å². The molecule has 76 valence electrons. The number of rotatable bonds is 3. The molecule has 0 saturated heterocycles. The molecule has 14 heavy (non-hydrogen) atoms. The monoisotopic (exact) mass is 259 g/mol. The topological polar surface area (TPSA) is 72.5 Å². The summed E-state index contributed by atoms with van der Waals surface area (Å²) in [5, 5.41) is 8.79. The summed E-state index contributed by atoms with van der Waals surface area (Å²) in [4.78, 5) is 10.7. The molecule has 5 heteroatoms. The first-order valence-electron chi connectivity index (χ1n) is 3.90. The smallest absolute Gasteiger partial charge is 0.335 e. The second-order valence-electron chi connectivity index (χ2n) is 2.66. The van der Waals surface area contributed by atoms with Crippen molar-refractivity contribution < 1.29 is 14.6 Å². The number of carbonyl (C=O) groups is 1. The number of methoxy groups -OCH3 is 1. The molecule has 0 bridgehead atoms. The van der Waals surface area contributed by atoms with E-state index in [0.717, 1.165) is 0 Å². The molecule has 0 saturated carbocycles. The minimum Gasteiger partial charge on any atom is -0.495 e. The van der Waals surface area contributed by atoms with Gasteiger partial charge in [0.05, 0.1) is 17.1 Å². The van der Waals surface area contributed by atoms with Crippen LogP contribution in [0, 0.1) is 0 Å². The van der Waals surface area contributed by atoms with Crippen LogP contribution in [-0.2, 0) is 6.54 Å². The highest BCUT2D eigenvalue weighted by molar-refractivity contribution is 9.10. The maximum Gasteiger partial charge on any atom is 0.335 e. The minimum atomic E-state index is -0.983. The van der Waals surface area contributed by atoms with Crippen LogP contribution in [0.15, 0.2) is 16.6 Å². The third kappa shape index (κ3) is 2.05. The van der Waals surface area contributed by atoms with Gasteiger partial charge in [0.15, 0.2) is 0 Å². The van der Waals surface area contributed by atoms with Gasteiger partial charge in [0.1, 0.15) is 5.75 Å². The Morgan fingerprint density at radius 1 is 1.64 bits per heavy atom. The van der Waals surface area contributed by atoms with Crippen LogP contribution in [-0.4, -0.2) is 18.2 Å². The van der Waals surface area contributed by atoms with Gasteiger partial charge < -0.3 is 15.6 Å². The number of nitrogens with two attached hydrogens (primary N) is 1. The van der Waals surface area contributed by atoms with E-state index in [4.69, 9.17) is 15.6 Å². The number of hydrogen-bond donors (Lipinski definition) is 2. The van der Waals surface area contributed by atoms with E-state index in [0.29, 0.717) is 15.8 Å². The van der Waals surface area contributed by atoms with Gasteiger partial charge in [-0.2, -0.15) is 0 Å². The summed E-state index contributed by atoms with van der Waals surface area (Å²) in [6, 6.07) is 2.99. The second-order valence-corrected chi connectivity index (χ2v) is 3.51. The average molecular weight is 260 g/mol. The quantitative estimate of drug-likeness (QED) is 0.866. The van der Waals surface area contributed by atoms with E-state index in [-0.39, 0.29) is 12.1 Å². The Kier molecular flexibility index (Phi) is 3.49. The molecule has 1 aromatic rings. The molecular weight excluding hydrogens is 250 g/mol. The van der Waals surface area contributed by atoms with Gasteiger partial charge in [-0.15, -0.1) is 0 Å². The fourth-order valence-electron chi connectivity index (χ4n) is 1.15. The van der Waals surface area contributed by atoms with Crippen molar-refractivity contribution in [2.24, 2.45) is 5.73 Å². The molecule has 4 nitrogen and oxygen atoms in total. The zero-order chi connectivity index (χ0) is 10.7. The Bertz CT molecular complexity index is 365. The fraction of sp³-hybridized carbons (Fsp3) is 0.222. The highest BCUT2D eigenvalue weighted by Gasteiger charge is 2.12. The summed E-state index contributed by atoms with van der Waals surface area (Å²) in [6.07, 6.45) is 0. The van der Waals surface area contributed by atoms with Gasteiger partial charge >= 0.3 is 5.97 Å². The van der Waals surface area contributed by atoms with Crippen LogP contribution in [0.1, 0.15) is 15.9 Å². The highest BCUT2D eigenvalue weighted by Crippen LogP contribution is 2.30. The summed E-state index contributed by atoms with van der Waals surface area (Å²) in [5.41, 5.74) is 6.33. The third-order valence-electron chi connectivity index (χ3n) is 1.79. The van der Waals surface area contributed by atoms with E-state index in [9.17, 15) is 4.79 Å². The number of benzene rings is 1. The van der Waals surface area contributed by atoms with Gasteiger partial charge in [0, 0.05) is 12.1 Å². The first-order chi connectivity index (χ1) is 6.60. The summed E-state index contributed by atoms with van der Waals surface area (Å²) in [7, 11) is 1.51. The van der Waals surface area contributed by atoms with Crippen LogP contribution in [0.25, 0.3) is 0 Å². The van der Waals surface area contributed by atoms with E-state index in [1.807, 2.05) is 0 Å². The Balaban J connectivity index is 3.31. The summed E-state index contributed by atoms with van der Waals surface area (Å²) in [5.74, 6) is -0.402. The van der Waals surface area contributed by atoms with Gasteiger partial charge in [0.25, 0.3) is 0 Å². The van der Waals surface area contributed by atoms with Crippen molar-refractivity contribution in [1.82, 2.24) is 0 Å². The van der Waals surface area contributed by atoms with Crippen molar-refractivity contribution in [3.05, 3.63) is 27.7 Å². The van der Waals surface area contributed by atoms with Crippen molar-refractivity contribution in [3.8, 4) is 5.75 Å². The largest absolute Gasteiger partial charge is 0.495 e. The van der Waals surface area contributed by atoms with E-state index >= 15 is 0 Å². The van der Waals surface area contributed by atoms with E-state index in [2.05, 4.69) is 15.9 Å². The van der Waals surface area contributed by atoms with Gasteiger partial charge in [-0.3, -0.25) is 0 Å². The van der Waals surface area contributed by atoms with E-state index in [1.54, 1.807) is 0 Å². The molecule has 3 N–H and O–H groups in total. The molecule has 1 aromatic carbocycles. The predicted molar refractivity (Wildman–Crippen MR) is 55.5 cm³/mol. The molecule has 0 unspecified atom stereocenters. The zero-order valence-electron chi connectivity index (χ0n) is 7.58. The molecule has 0 fully saturated rings. The molecule has 0 heterocycles. The molecule has 0 aliphatic heterocycles. The second kappa shape index (κ2) is 4.43. The van der Waals surface area contributed by atoms with Crippen LogP contribution in [0.4, 0.5) is 0 Å². The number of carboxylic acid groups (broad SMARTS) is 1. The minimum absolute atomic E-state index is 0.193. The van der Waals surface area contributed by atoms with Crippen molar-refractivity contribution in [2.45, 2.75) is 6.54 Å². The van der Waals surface area contributed by atoms with Crippen LogP contribution in [0.3, 0.4) is 0 Å². The lowest BCUT2D eigenvalue weighted by Gasteiger charge is -2.09. The summed E-state index contributed by atoms with van der Waals surface area (Å²) in [6.45, 7) is 0.239. The fourth-order valence-corrected chi connectivity index (χ4v) is 1.82. The van der Waals surface area contributed by atoms with Crippen LogP contribution >= 0.6 is 15.9 Å². The number of ether oxygens (including phenoxy) is 1. The average Bonchev–Trinajstić information content (AvgIpc) is 2.16. The molecule has 1 rings (SSSR count). The first-order valence-corrected chi connectivity index (χ1v) is 4.69. The molecule has 0 amide bonds. The SMILES string of the molecule is COc1c(Br)cc(C(=O)O)cc1CN. The molecule has 0 aliphatic rings. The van der Waals surface area contributed by atoms with Crippen molar-refractivity contribution in [1.29, 1.82) is 0 Å². The van der Waals surface area contributed by atoms with Crippen LogP contribution in [0.5, 0.6) is 5.75 Å². The molecule has 0 spiro atoms. The Morgan fingerprint density at radius 2 is 2.29 bits per heavy atom. The standard InChI is InChI=1S/C9H10BrNO3/c1-14-8-6(4-11)2-5(9(12)13)3-7(8)10/h2-3H,4,11H2,1H3,(H,12,13). The van der Waals surface area contributed by atoms with E-state index in [1.165, 1.54) is 19.2 Å². The normalized spacial score (nSPS) is 9.93. The van der Waals surface area contributed by atoms with Crippen molar-refractivity contribution in [2.75, 3.05) is 7.11 Å². The molecular formula is C9H10BrNO3. The molecule has 0 atom stereocenters. The maximum absolute atomic E-state index is 10.7. The first kappa shape index (κ1) is 11.0. The number of halogens is 1. The Morgan fingerprint density at radius 3 is 2.71 bits per heavy atom. The van der Waals surface area contributed by atoms with Crippen LogP contribution < -0.4 is 10.5 Å². The summed E-state index contributed by atoms with van der Waals surface area (Å²) >= 11 is 3.22. The summed E-state index contributed by atoms with van der Waals surface area (Å²) < 4.78 is 5.68. The predicted octanol–water partition coefficient (Wildman–Crippen LogP) is 1.61. The van der Waals surface area contributed by atoms with E-state index < -0.39 is 5.97 Å². The molecule has 0 aliphatic carbocycles. The molecule has 0 aromatic heterocycles. The Labute approximate surface area is 89.8 Å². The Hall–Kier alpha value is -1.07. The number of hydrogen-bond acceptors (Lipinski definition) is 3. The van der Waals surface area contributed by atoms with Crippen LogP contribution in [0.2, 0.25) is 0 Å². The van der Waals surface area contributed by atoms with Crippen molar-refractivity contribution >= 4 is 21.9 Å². The number of carboxylic acids is 1. The lowest BCUT2D eigenvalue weighted by molar-refractivity contribution is 0.0696. The number of aromatic carboxylic acids is 1. The molecule has 0 radical (unpaired) electrons. The van der Waals surface area contributed by atoms with Gasteiger partial charge in [0.2, 0.25) is 0 Å². The lowest BCUT2D eigenvalue weighted by atomic mass is 10.1. The third-order valence-corrected chi connectivity index (χ3v) is 2.38. The lowest BCUT2D eigenvalue weighted by Crippen LogP contribution is -2.04. The highest BCUT2D eigenvalue weighted by atomic mass is 79.9. The van der Waals surface area contributed by atoms with Gasteiger partial charge in [-0.05, 0) is 28.1 Å². The maximum atomic E-state index is 10.7. The van der Waals surface area contributed by atoms with Crippen molar-refractivity contribution in [3.63, 3.8) is 0 Å².